The lowest BCUT2D eigenvalue weighted by atomic mass is 9.99. The first kappa shape index (κ1) is 14.9. The first-order valence-corrected chi connectivity index (χ1v) is 7.69. The van der Waals surface area contributed by atoms with Crippen LogP contribution < -0.4 is 5.32 Å². The summed E-state index contributed by atoms with van der Waals surface area (Å²) in [6.07, 6.45) is 3.20. The SMILES string of the molecule is Cc1ccccc1[C@@H]1CCCN1C(=O)NCCC(C)C. The van der Waals surface area contributed by atoms with Gasteiger partial charge < -0.3 is 10.2 Å². The van der Waals surface area contributed by atoms with Gasteiger partial charge in [0.15, 0.2) is 0 Å². The number of rotatable bonds is 4. The van der Waals surface area contributed by atoms with Gasteiger partial charge in [-0.05, 0) is 43.2 Å². The Bertz CT molecular complexity index is 456. The topological polar surface area (TPSA) is 32.3 Å². The molecule has 110 valence electrons. The van der Waals surface area contributed by atoms with Crippen molar-refractivity contribution >= 4 is 6.03 Å². The van der Waals surface area contributed by atoms with Crippen LogP contribution in [0.5, 0.6) is 0 Å². The number of urea groups is 1. The number of aryl methyl sites for hydroxylation is 1. The maximum Gasteiger partial charge on any atom is 0.317 e. The van der Waals surface area contributed by atoms with Crippen molar-refractivity contribution in [3.63, 3.8) is 0 Å². The molecule has 0 radical (unpaired) electrons. The fourth-order valence-corrected chi connectivity index (χ4v) is 2.86. The molecule has 0 spiro atoms. The molecule has 2 rings (SSSR count). The van der Waals surface area contributed by atoms with E-state index in [4.69, 9.17) is 0 Å². The van der Waals surface area contributed by atoms with E-state index in [2.05, 4.69) is 50.4 Å². The summed E-state index contributed by atoms with van der Waals surface area (Å²) < 4.78 is 0. The van der Waals surface area contributed by atoms with Crippen molar-refractivity contribution in [1.29, 1.82) is 0 Å². The smallest absolute Gasteiger partial charge is 0.317 e. The van der Waals surface area contributed by atoms with Crippen molar-refractivity contribution in [3.05, 3.63) is 35.4 Å². The molecule has 0 aliphatic carbocycles. The van der Waals surface area contributed by atoms with Crippen molar-refractivity contribution in [2.45, 2.75) is 46.1 Å². The first-order valence-electron chi connectivity index (χ1n) is 7.69. The summed E-state index contributed by atoms with van der Waals surface area (Å²) in [5.41, 5.74) is 2.57. The number of likely N-dealkylation sites (tertiary alicyclic amines) is 1. The number of hydrogen-bond donors (Lipinski definition) is 1. The molecule has 20 heavy (non-hydrogen) atoms. The summed E-state index contributed by atoms with van der Waals surface area (Å²) >= 11 is 0. The van der Waals surface area contributed by atoms with E-state index < -0.39 is 0 Å². The highest BCUT2D eigenvalue weighted by molar-refractivity contribution is 5.75. The van der Waals surface area contributed by atoms with Gasteiger partial charge >= 0.3 is 6.03 Å². The highest BCUT2D eigenvalue weighted by Crippen LogP contribution is 2.33. The highest BCUT2D eigenvalue weighted by atomic mass is 16.2. The van der Waals surface area contributed by atoms with Gasteiger partial charge in [0.25, 0.3) is 0 Å². The monoisotopic (exact) mass is 274 g/mol. The zero-order valence-electron chi connectivity index (χ0n) is 12.9. The highest BCUT2D eigenvalue weighted by Gasteiger charge is 2.30. The number of carbonyl (C=O) groups excluding carboxylic acids is 1. The zero-order chi connectivity index (χ0) is 14.5. The van der Waals surface area contributed by atoms with E-state index in [0.29, 0.717) is 5.92 Å². The molecule has 1 aromatic carbocycles. The van der Waals surface area contributed by atoms with Crippen LogP contribution in [0.15, 0.2) is 24.3 Å². The predicted molar refractivity (Wildman–Crippen MR) is 82.7 cm³/mol. The zero-order valence-corrected chi connectivity index (χ0v) is 12.9. The maximum absolute atomic E-state index is 12.3. The number of nitrogens with one attached hydrogen (secondary N) is 1. The van der Waals surface area contributed by atoms with E-state index in [1.54, 1.807) is 0 Å². The molecular weight excluding hydrogens is 248 g/mol. The van der Waals surface area contributed by atoms with Crippen LogP contribution in [0.4, 0.5) is 4.79 Å². The number of amides is 2. The molecule has 3 heteroatoms. The van der Waals surface area contributed by atoms with E-state index in [0.717, 1.165) is 32.4 Å². The minimum Gasteiger partial charge on any atom is -0.338 e. The molecule has 1 heterocycles. The summed E-state index contributed by atoms with van der Waals surface area (Å²) in [5, 5.41) is 3.06. The van der Waals surface area contributed by atoms with Gasteiger partial charge in [0.2, 0.25) is 0 Å². The van der Waals surface area contributed by atoms with Gasteiger partial charge in [-0.1, -0.05) is 38.1 Å². The Hall–Kier alpha value is -1.51. The molecule has 1 fully saturated rings. The van der Waals surface area contributed by atoms with Crippen LogP contribution in [0.3, 0.4) is 0 Å². The average molecular weight is 274 g/mol. The Balaban J connectivity index is 2.00. The number of benzene rings is 1. The van der Waals surface area contributed by atoms with Gasteiger partial charge in [-0.2, -0.15) is 0 Å². The lowest BCUT2D eigenvalue weighted by Gasteiger charge is -2.26. The van der Waals surface area contributed by atoms with Crippen LogP contribution >= 0.6 is 0 Å². The number of carbonyl (C=O) groups is 1. The van der Waals surface area contributed by atoms with Crippen molar-refractivity contribution in [2.24, 2.45) is 5.92 Å². The molecule has 1 aliphatic heterocycles. The number of hydrogen-bond acceptors (Lipinski definition) is 1. The summed E-state index contributed by atoms with van der Waals surface area (Å²) in [5.74, 6) is 0.626. The summed E-state index contributed by atoms with van der Waals surface area (Å²) in [7, 11) is 0. The second-order valence-electron chi connectivity index (χ2n) is 6.12. The van der Waals surface area contributed by atoms with Gasteiger partial charge in [0.1, 0.15) is 0 Å². The molecule has 0 aromatic heterocycles. The Morgan fingerprint density at radius 3 is 2.85 bits per heavy atom. The fraction of sp³-hybridized carbons (Fsp3) is 0.588. The van der Waals surface area contributed by atoms with Gasteiger partial charge in [-0.25, -0.2) is 4.79 Å². The van der Waals surface area contributed by atoms with Crippen molar-refractivity contribution in [1.82, 2.24) is 10.2 Å². The Labute approximate surface area is 122 Å². The lowest BCUT2D eigenvalue weighted by Crippen LogP contribution is -2.40. The van der Waals surface area contributed by atoms with Crippen molar-refractivity contribution in [3.8, 4) is 0 Å². The van der Waals surface area contributed by atoms with Gasteiger partial charge in [0.05, 0.1) is 6.04 Å². The van der Waals surface area contributed by atoms with E-state index in [1.165, 1.54) is 11.1 Å². The molecule has 3 nitrogen and oxygen atoms in total. The number of nitrogens with zero attached hydrogens (tertiary/aromatic N) is 1. The van der Waals surface area contributed by atoms with Crippen LogP contribution in [0.25, 0.3) is 0 Å². The Kier molecular flexibility index (Phi) is 5.05. The molecule has 1 aliphatic rings. The first-order chi connectivity index (χ1) is 9.59. The molecule has 0 saturated carbocycles. The predicted octanol–water partition coefficient (Wildman–Crippen LogP) is 3.89. The van der Waals surface area contributed by atoms with Gasteiger partial charge in [-0.15, -0.1) is 0 Å². The summed E-state index contributed by atoms with van der Waals surface area (Å²) in [4.78, 5) is 14.3. The molecule has 0 unspecified atom stereocenters. The van der Waals surface area contributed by atoms with Crippen LogP contribution in [-0.2, 0) is 0 Å². The summed E-state index contributed by atoms with van der Waals surface area (Å²) in [6, 6.07) is 8.74. The minimum atomic E-state index is 0.0939. The quantitative estimate of drug-likeness (QED) is 0.887. The molecular formula is C17H26N2O. The van der Waals surface area contributed by atoms with Crippen LogP contribution in [0.2, 0.25) is 0 Å². The van der Waals surface area contributed by atoms with Crippen molar-refractivity contribution < 1.29 is 4.79 Å². The fourth-order valence-electron chi connectivity index (χ4n) is 2.86. The van der Waals surface area contributed by atoms with Crippen molar-refractivity contribution in [2.75, 3.05) is 13.1 Å². The lowest BCUT2D eigenvalue weighted by molar-refractivity contribution is 0.192. The van der Waals surface area contributed by atoms with E-state index in [9.17, 15) is 4.79 Å². The third-order valence-electron chi connectivity index (χ3n) is 4.06. The Morgan fingerprint density at radius 1 is 1.40 bits per heavy atom. The van der Waals surface area contributed by atoms with Gasteiger partial charge in [-0.3, -0.25) is 0 Å². The minimum absolute atomic E-state index is 0.0939. The molecule has 1 saturated heterocycles. The normalized spacial score (nSPS) is 18.6. The largest absolute Gasteiger partial charge is 0.338 e. The molecule has 2 amide bonds. The van der Waals surface area contributed by atoms with Crippen LogP contribution in [0.1, 0.15) is 50.3 Å². The molecule has 0 bridgehead atoms. The van der Waals surface area contributed by atoms with E-state index >= 15 is 0 Å². The van der Waals surface area contributed by atoms with E-state index in [-0.39, 0.29) is 12.1 Å². The molecule has 1 atom stereocenters. The third-order valence-corrected chi connectivity index (χ3v) is 4.06. The summed E-state index contributed by atoms with van der Waals surface area (Å²) in [6.45, 7) is 8.12. The molecule has 1 aromatic rings. The maximum atomic E-state index is 12.3. The molecule has 1 N–H and O–H groups in total. The van der Waals surface area contributed by atoms with Crippen LogP contribution in [0, 0.1) is 12.8 Å². The second kappa shape index (κ2) is 6.78. The van der Waals surface area contributed by atoms with Crippen LogP contribution in [-0.4, -0.2) is 24.0 Å². The third kappa shape index (κ3) is 3.53. The van der Waals surface area contributed by atoms with E-state index in [1.807, 2.05) is 4.90 Å². The Morgan fingerprint density at radius 2 is 2.15 bits per heavy atom. The standard InChI is InChI=1S/C17H26N2O/c1-13(2)10-11-18-17(20)19-12-6-9-16(19)15-8-5-4-7-14(15)3/h4-5,7-8,13,16H,6,9-12H2,1-3H3,(H,18,20)/t16-/m0/s1. The average Bonchev–Trinajstić information content (AvgIpc) is 2.87. The van der Waals surface area contributed by atoms with Gasteiger partial charge in [0, 0.05) is 13.1 Å². The second-order valence-corrected chi connectivity index (χ2v) is 6.12.